The lowest BCUT2D eigenvalue weighted by atomic mass is 10.2. The van der Waals surface area contributed by atoms with E-state index in [0.29, 0.717) is 17.6 Å². The SMILES string of the molecule is CN(Cc1ccccc1)S(=O)(=O)c1ccc2ncoc2c1. The van der Waals surface area contributed by atoms with Gasteiger partial charge in [0.25, 0.3) is 0 Å². The molecule has 0 aliphatic heterocycles. The van der Waals surface area contributed by atoms with Gasteiger partial charge in [0.2, 0.25) is 10.0 Å². The van der Waals surface area contributed by atoms with Gasteiger partial charge >= 0.3 is 0 Å². The quantitative estimate of drug-likeness (QED) is 0.743. The summed E-state index contributed by atoms with van der Waals surface area (Å²) in [6.45, 7) is 0.317. The molecule has 5 nitrogen and oxygen atoms in total. The van der Waals surface area contributed by atoms with Crippen LogP contribution in [0.15, 0.2) is 64.2 Å². The van der Waals surface area contributed by atoms with E-state index in [1.54, 1.807) is 19.2 Å². The van der Waals surface area contributed by atoms with E-state index >= 15 is 0 Å². The lowest BCUT2D eigenvalue weighted by Crippen LogP contribution is -2.26. The van der Waals surface area contributed by atoms with Gasteiger partial charge in [0, 0.05) is 19.7 Å². The second kappa shape index (κ2) is 5.31. The summed E-state index contributed by atoms with van der Waals surface area (Å²) in [6, 6.07) is 14.1. The van der Waals surface area contributed by atoms with Crippen molar-refractivity contribution in [3.05, 3.63) is 60.5 Å². The monoisotopic (exact) mass is 302 g/mol. The van der Waals surface area contributed by atoms with Crippen LogP contribution in [0, 0.1) is 0 Å². The van der Waals surface area contributed by atoms with Gasteiger partial charge in [-0.2, -0.15) is 4.31 Å². The lowest BCUT2D eigenvalue weighted by Gasteiger charge is -2.17. The van der Waals surface area contributed by atoms with Gasteiger partial charge < -0.3 is 4.42 Å². The Morgan fingerprint density at radius 2 is 1.90 bits per heavy atom. The number of sulfonamides is 1. The first kappa shape index (κ1) is 13.8. The van der Waals surface area contributed by atoms with E-state index in [4.69, 9.17) is 4.42 Å². The van der Waals surface area contributed by atoms with Crippen molar-refractivity contribution in [3.8, 4) is 0 Å². The summed E-state index contributed by atoms with van der Waals surface area (Å²) < 4.78 is 31.6. The molecule has 1 aromatic heterocycles. The Labute approximate surface area is 122 Å². The van der Waals surface area contributed by atoms with Crippen LogP contribution >= 0.6 is 0 Å². The van der Waals surface area contributed by atoms with Crippen molar-refractivity contribution in [2.75, 3.05) is 7.05 Å². The van der Waals surface area contributed by atoms with Gasteiger partial charge in [-0.05, 0) is 17.7 Å². The van der Waals surface area contributed by atoms with E-state index in [9.17, 15) is 8.42 Å². The second-order valence-electron chi connectivity index (χ2n) is 4.73. The van der Waals surface area contributed by atoms with Crippen LogP contribution in [0.1, 0.15) is 5.56 Å². The standard InChI is InChI=1S/C15H14N2O3S/c1-17(10-12-5-3-2-4-6-12)21(18,19)13-7-8-14-15(9-13)20-11-16-14/h2-9,11H,10H2,1H3. The normalized spacial score (nSPS) is 12.1. The maximum Gasteiger partial charge on any atom is 0.243 e. The topological polar surface area (TPSA) is 63.4 Å². The van der Waals surface area contributed by atoms with Crippen molar-refractivity contribution >= 4 is 21.1 Å². The number of nitrogens with zero attached hydrogens (tertiary/aromatic N) is 2. The Balaban J connectivity index is 1.91. The number of hydrogen-bond acceptors (Lipinski definition) is 4. The van der Waals surface area contributed by atoms with E-state index in [0.717, 1.165) is 5.56 Å². The highest BCUT2D eigenvalue weighted by Crippen LogP contribution is 2.21. The summed E-state index contributed by atoms with van der Waals surface area (Å²) in [7, 11) is -2.00. The highest BCUT2D eigenvalue weighted by molar-refractivity contribution is 7.89. The third kappa shape index (κ3) is 2.68. The molecule has 3 rings (SSSR count). The second-order valence-corrected chi connectivity index (χ2v) is 6.77. The van der Waals surface area contributed by atoms with Crippen LogP contribution in [0.25, 0.3) is 11.1 Å². The molecule has 0 fully saturated rings. The molecular weight excluding hydrogens is 288 g/mol. The summed E-state index contributed by atoms with van der Waals surface area (Å²) in [6.07, 6.45) is 1.30. The van der Waals surface area contributed by atoms with Crippen LogP contribution in [0.3, 0.4) is 0 Å². The molecular formula is C15H14N2O3S. The maximum absolute atomic E-state index is 12.6. The fourth-order valence-electron chi connectivity index (χ4n) is 2.10. The van der Waals surface area contributed by atoms with E-state index < -0.39 is 10.0 Å². The van der Waals surface area contributed by atoms with E-state index in [-0.39, 0.29) is 4.90 Å². The predicted octanol–water partition coefficient (Wildman–Crippen LogP) is 2.65. The molecule has 0 saturated heterocycles. The van der Waals surface area contributed by atoms with Crippen molar-refractivity contribution in [1.29, 1.82) is 0 Å². The third-order valence-electron chi connectivity index (χ3n) is 3.26. The van der Waals surface area contributed by atoms with Crippen molar-refractivity contribution in [2.45, 2.75) is 11.4 Å². The third-order valence-corrected chi connectivity index (χ3v) is 5.06. The van der Waals surface area contributed by atoms with Crippen LogP contribution in [-0.4, -0.2) is 24.8 Å². The fraction of sp³-hybridized carbons (Fsp3) is 0.133. The molecule has 0 unspecified atom stereocenters. The maximum atomic E-state index is 12.6. The number of hydrogen-bond donors (Lipinski definition) is 0. The van der Waals surface area contributed by atoms with Crippen LogP contribution in [0.4, 0.5) is 0 Å². The number of fused-ring (bicyclic) bond motifs is 1. The lowest BCUT2D eigenvalue weighted by molar-refractivity contribution is 0.466. The first-order valence-corrected chi connectivity index (χ1v) is 7.85. The average Bonchev–Trinajstić information content (AvgIpc) is 2.95. The molecule has 108 valence electrons. The highest BCUT2D eigenvalue weighted by atomic mass is 32.2. The van der Waals surface area contributed by atoms with Crippen LogP contribution < -0.4 is 0 Å². The minimum atomic E-state index is -3.56. The van der Waals surface area contributed by atoms with Crippen LogP contribution in [0.5, 0.6) is 0 Å². The molecule has 0 atom stereocenters. The van der Waals surface area contributed by atoms with Gasteiger partial charge in [0.1, 0.15) is 5.52 Å². The Morgan fingerprint density at radius 3 is 2.67 bits per heavy atom. The molecule has 3 aromatic rings. The predicted molar refractivity (Wildman–Crippen MR) is 79.1 cm³/mol. The van der Waals surface area contributed by atoms with Crippen molar-refractivity contribution in [2.24, 2.45) is 0 Å². The van der Waals surface area contributed by atoms with E-state index in [2.05, 4.69) is 4.98 Å². The molecule has 6 heteroatoms. The van der Waals surface area contributed by atoms with Crippen molar-refractivity contribution < 1.29 is 12.8 Å². The van der Waals surface area contributed by atoms with Crippen molar-refractivity contribution in [1.82, 2.24) is 9.29 Å². The smallest absolute Gasteiger partial charge is 0.243 e. The molecule has 0 aliphatic carbocycles. The summed E-state index contributed by atoms with van der Waals surface area (Å²) >= 11 is 0. The Kier molecular flexibility index (Phi) is 3.48. The van der Waals surface area contributed by atoms with Gasteiger partial charge in [0.05, 0.1) is 4.90 Å². The van der Waals surface area contributed by atoms with E-state index in [1.807, 2.05) is 30.3 Å². The molecule has 0 radical (unpaired) electrons. The zero-order valence-corrected chi connectivity index (χ0v) is 12.2. The zero-order valence-electron chi connectivity index (χ0n) is 11.4. The fourth-order valence-corrected chi connectivity index (χ4v) is 3.28. The summed E-state index contributed by atoms with van der Waals surface area (Å²) in [5.74, 6) is 0. The van der Waals surface area contributed by atoms with Gasteiger partial charge in [-0.25, -0.2) is 13.4 Å². The van der Waals surface area contributed by atoms with Gasteiger partial charge in [-0.15, -0.1) is 0 Å². The van der Waals surface area contributed by atoms with Crippen molar-refractivity contribution in [3.63, 3.8) is 0 Å². The number of aromatic nitrogens is 1. The number of rotatable bonds is 4. The largest absolute Gasteiger partial charge is 0.443 e. The van der Waals surface area contributed by atoms with E-state index in [1.165, 1.54) is 16.8 Å². The summed E-state index contributed by atoms with van der Waals surface area (Å²) in [4.78, 5) is 4.18. The average molecular weight is 302 g/mol. The van der Waals surface area contributed by atoms with Crippen LogP contribution in [0.2, 0.25) is 0 Å². The molecule has 0 spiro atoms. The minimum Gasteiger partial charge on any atom is -0.443 e. The first-order valence-electron chi connectivity index (χ1n) is 6.41. The van der Waals surface area contributed by atoms with Gasteiger partial charge in [-0.1, -0.05) is 30.3 Å². The molecule has 0 N–H and O–H groups in total. The molecule has 0 amide bonds. The molecule has 0 bridgehead atoms. The Hall–Kier alpha value is -2.18. The molecule has 0 aliphatic rings. The first-order chi connectivity index (χ1) is 10.1. The summed E-state index contributed by atoms with van der Waals surface area (Å²) in [5.41, 5.74) is 2.04. The minimum absolute atomic E-state index is 0.199. The zero-order chi connectivity index (χ0) is 14.9. The van der Waals surface area contributed by atoms with Crippen LogP contribution in [-0.2, 0) is 16.6 Å². The molecule has 0 saturated carbocycles. The summed E-state index contributed by atoms with van der Waals surface area (Å²) in [5, 5.41) is 0. The van der Waals surface area contributed by atoms with Gasteiger partial charge in [0.15, 0.2) is 12.0 Å². The Bertz CT molecular complexity index is 857. The molecule has 1 heterocycles. The number of benzene rings is 2. The number of oxazole rings is 1. The molecule has 2 aromatic carbocycles. The highest BCUT2D eigenvalue weighted by Gasteiger charge is 2.21. The molecule has 21 heavy (non-hydrogen) atoms. The Morgan fingerprint density at radius 1 is 1.14 bits per heavy atom. The van der Waals surface area contributed by atoms with Gasteiger partial charge in [-0.3, -0.25) is 0 Å².